The lowest BCUT2D eigenvalue weighted by atomic mass is 10.1. The number of carbonyl (C=O) groups is 1. The maximum Gasteiger partial charge on any atom is 0.331 e. The normalized spacial score (nSPS) is 11.1. The van der Waals surface area contributed by atoms with Crippen molar-refractivity contribution in [3.63, 3.8) is 0 Å². The number of furan rings is 1. The van der Waals surface area contributed by atoms with Crippen molar-refractivity contribution in [2.75, 3.05) is 0 Å². The van der Waals surface area contributed by atoms with Crippen LogP contribution in [0.2, 0.25) is 0 Å². The molecule has 7 heteroatoms. The molecule has 0 atom stereocenters. The number of fused-ring (bicyclic) bond motifs is 1. The van der Waals surface area contributed by atoms with E-state index >= 15 is 0 Å². The topological polar surface area (TPSA) is 86.2 Å². The van der Waals surface area contributed by atoms with Gasteiger partial charge >= 0.3 is 5.69 Å². The van der Waals surface area contributed by atoms with Gasteiger partial charge in [0.2, 0.25) is 5.91 Å². The Balaban J connectivity index is 1.65. The average molecular weight is 431 g/mol. The number of benzene rings is 2. The van der Waals surface area contributed by atoms with Crippen LogP contribution in [0.4, 0.5) is 0 Å². The Hall–Kier alpha value is -3.87. The molecule has 2 aromatic carbocycles. The fourth-order valence-electron chi connectivity index (χ4n) is 3.76. The van der Waals surface area contributed by atoms with Gasteiger partial charge in [-0.25, -0.2) is 4.79 Å². The van der Waals surface area contributed by atoms with E-state index in [1.54, 1.807) is 34.9 Å². The molecule has 164 valence electrons. The lowest BCUT2D eigenvalue weighted by Crippen LogP contribution is -2.41. The lowest BCUT2D eigenvalue weighted by molar-refractivity contribution is -0.121. The highest BCUT2D eigenvalue weighted by Crippen LogP contribution is 2.15. The summed E-state index contributed by atoms with van der Waals surface area (Å²) in [5.41, 5.74) is 2.96. The van der Waals surface area contributed by atoms with Gasteiger partial charge in [-0.3, -0.25) is 18.7 Å². The van der Waals surface area contributed by atoms with E-state index in [1.165, 1.54) is 6.26 Å². The molecule has 0 radical (unpaired) electrons. The number of carbonyl (C=O) groups excluding carboxylic acids is 1. The zero-order chi connectivity index (χ0) is 22.7. The van der Waals surface area contributed by atoms with Crippen LogP contribution in [0.5, 0.6) is 0 Å². The molecule has 0 fully saturated rings. The first-order valence-corrected chi connectivity index (χ1v) is 10.5. The minimum atomic E-state index is -0.423. The molecular weight excluding hydrogens is 406 g/mol. The van der Waals surface area contributed by atoms with Crippen molar-refractivity contribution < 1.29 is 9.21 Å². The van der Waals surface area contributed by atoms with Crippen LogP contribution in [0, 0.1) is 13.8 Å². The monoisotopic (exact) mass is 431 g/mol. The quantitative estimate of drug-likeness (QED) is 0.487. The predicted molar refractivity (Wildman–Crippen MR) is 123 cm³/mol. The van der Waals surface area contributed by atoms with Gasteiger partial charge in [0, 0.05) is 13.0 Å². The second-order valence-corrected chi connectivity index (χ2v) is 7.88. The van der Waals surface area contributed by atoms with Crippen molar-refractivity contribution in [2.24, 2.45) is 0 Å². The Morgan fingerprint density at radius 1 is 1.00 bits per heavy atom. The van der Waals surface area contributed by atoms with Crippen LogP contribution < -0.4 is 16.6 Å². The number of nitrogens with zero attached hydrogens (tertiary/aromatic N) is 2. The van der Waals surface area contributed by atoms with Gasteiger partial charge in [0.1, 0.15) is 5.76 Å². The van der Waals surface area contributed by atoms with Crippen LogP contribution in [-0.2, 0) is 24.4 Å². The van der Waals surface area contributed by atoms with E-state index in [0.717, 1.165) is 21.3 Å². The van der Waals surface area contributed by atoms with Crippen LogP contribution in [0.25, 0.3) is 10.9 Å². The van der Waals surface area contributed by atoms with Crippen molar-refractivity contribution >= 4 is 16.8 Å². The summed E-state index contributed by atoms with van der Waals surface area (Å²) in [6.07, 6.45) is 1.55. The Morgan fingerprint density at radius 2 is 1.81 bits per heavy atom. The zero-order valence-corrected chi connectivity index (χ0v) is 18.1. The molecule has 0 aliphatic heterocycles. The van der Waals surface area contributed by atoms with Gasteiger partial charge in [0.05, 0.1) is 30.3 Å². The third kappa shape index (κ3) is 4.42. The first kappa shape index (κ1) is 21.4. The second-order valence-electron chi connectivity index (χ2n) is 7.88. The maximum absolute atomic E-state index is 13.3. The van der Waals surface area contributed by atoms with E-state index in [9.17, 15) is 14.4 Å². The van der Waals surface area contributed by atoms with Gasteiger partial charge in [-0.2, -0.15) is 0 Å². The molecule has 0 unspecified atom stereocenters. The summed E-state index contributed by atoms with van der Waals surface area (Å²) in [6, 6.07) is 16.7. The van der Waals surface area contributed by atoms with E-state index in [-0.39, 0.29) is 31.0 Å². The van der Waals surface area contributed by atoms with Crippen LogP contribution in [0.1, 0.15) is 28.9 Å². The van der Waals surface area contributed by atoms with Gasteiger partial charge in [0.15, 0.2) is 0 Å². The Kier molecular flexibility index (Phi) is 6.07. The Morgan fingerprint density at radius 3 is 2.59 bits per heavy atom. The standard InChI is InChI=1S/C25H25N3O4/c1-17-9-10-18(2)19(14-17)16-28-22-8-4-3-7-21(22)24(30)27(25(28)31)12-11-23(29)26-15-20-6-5-13-32-20/h3-10,13-14H,11-12,15-16H2,1-2H3,(H,26,29). The largest absolute Gasteiger partial charge is 0.467 e. The molecule has 2 heterocycles. The molecule has 0 aliphatic carbocycles. The van der Waals surface area contributed by atoms with E-state index in [0.29, 0.717) is 23.2 Å². The summed E-state index contributed by atoms with van der Waals surface area (Å²) >= 11 is 0. The second kappa shape index (κ2) is 9.09. The molecule has 32 heavy (non-hydrogen) atoms. The molecule has 7 nitrogen and oxygen atoms in total. The van der Waals surface area contributed by atoms with Gasteiger partial charge in [-0.05, 0) is 49.2 Å². The molecule has 4 aromatic rings. The predicted octanol–water partition coefficient (Wildman–Crippen LogP) is 3.13. The van der Waals surface area contributed by atoms with Crippen molar-refractivity contribution in [3.8, 4) is 0 Å². The molecule has 0 saturated heterocycles. The summed E-state index contributed by atoms with van der Waals surface area (Å²) in [6.45, 7) is 4.61. The fourth-order valence-corrected chi connectivity index (χ4v) is 3.76. The van der Waals surface area contributed by atoms with Gasteiger partial charge < -0.3 is 9.73 Å². The van der Waals surface area contributed by atoms with Crippen molar-refractivity contribution in [1.29, 1.82) is 0 Å². The molecule has 4 rings (SSSR count). The van der Waals surface area contributed by atoms with E-state index in [2.05, 4.69) is 5.32 Å². The molecule has 1 N–H and O–H groups in total. The van der Waals surface area contributed by atoms with Crippen LogP contribution in [0.3, 0.4) is 0 Å². The number of hydrogen-bond donors (Lipinski definition) is 1. The summed E-state index contributed by atoms with van der Waals surface area (Å²) in [5.74, 6) is 0.374. The third-order valence-electron chi connectivity index (χ3n) is 5.57. The number of amides is 1. The van der Waals surface area contributed by atoms with E-state index in [4.69, 9.17) is 4.42 Å². The Labute approximate surface area is 184 Å². The first-order chi connectivity index (χ1) is 15.4. The highest BCUT2D eigenvalue weighted by Gasteiger charge is 2.15. The van der Waals surface area contributed by atoms with Crippen molar-refractivity contribution in [2.45, 2.75) is 39.9 Å². The van der Waals surface area contributed by atoms with Crippen LogP contribution >= 0.6 is 0 Å². The average Bonchev–Trinajstić information content (AvgIpc) is 3.31. The number of aryl methyl sites for hydroxylation is 2. The highest BCUT2D eigenvalue weighted by atomic mass is 16.3. The van der Waals surface area contributed by atoms with Crippen LogP contribution in [0.15, 0.2) is 74.9 Å². The van der Waals surface area contributed by atoms with Gasteiger partial charge in [0.25, 0.3) is 5.56 Å². The molecule has 0 saturated carbocycles. The van der Waals surface area contributed by atoms with Crippen LogP contribution in [-0.4, -0.2) is 15.0 Å². The minimum Gasteiger partial charge on any atom is -0.467 e. The molecule has 1 amide bonds. The summed E-state index contributed by atoms with van der Waals surface area (Å²) < 4.78 is 7.96. The summed E-state index contributed by atoms with van der Waals surface area (Å²) in [4.78, 5) is 38.7. The number of aromatic nitrogens is 2. The van der Waals surface area contributed by atoms with Crippen molar-refractivity contribution in [3.05, 3.63) is 104 Å². The molecule has 0 aliphatic rings. The number of nitrogens with one attached hydrogen (secondary N) is 1. The number of para-hydroxylation sites is 1. The highest BCUT2D eigenvalue weighted by molar-refractivity contribution is 5.78. The third-order valence-corrected chi connectivity index (χ3v) is 5.57. The number of rotatable bonds is 7. The number of hydrogen-bond acceptors (Lipinski definition) is 4. The molecule has 0 spiro atoms. The SMILES string of the molecule is Cc1ccc(C)c(Cn2c(=O)n(CCC(=O)NCc3ccco3)c(=O)c3ccccc32)c1. The molecule has 2 aromatic heterocycles. The summed E-state index contributed by atoms with van der Waals surface area (Å²) in [7, 11) is 0. The molecular formula is C25H25N3O4. The smallest absolute Gasteiger partial charge is 0.331 e. The zero-order valence-electron chi connectivity index (χ0n) is 18.1. The van der Waals surface area contributed by atoms with E-state index in [1.807, 2.05) is 38.1 Å². The lowest BCUT2D eigenvalue weighted by Gasteiger charge is -2.15. The molecule has 0 bridgehead atoms. The summed E-state index contributed by atoms with van der Waals surface area (Å²) in [5, 5.41) is 3.19. The van der Waals surface area contributed by atoms with Crippen molar-refractivity contribution in [1.82, 2.24) is 14.5 Å². The fraction of sp³-hybridized carbons (Fsp3) is 0.240. The minimum absolute atomic E-state index is 0.000706. The Bertz CT molecular complexity index is 1380. The van der Waals surface area contributed by atoms with Gasteiger partial charge in [-0.1, -0.05) is 35.9 Å². The van der Waals surface area contributed by atoms with E-state index < -0.39 is 5.69 Å². The first-order valence-electron chi connectivity index (χ1n) is 10.5. The maximum atomic E-state index is 13.3. The van der Waals surface area contributed by atoms with Gasteiger partial charge in [-0.15, -0.1) is 0 Å².